The van der Waals surface area contributed by atoms with Gasteiger partial charge in [-0.1, -0.05) is 62.2 Å². The third-order valence-electron chi connectivity index (χ3n) is 4.64. The van der Waals surface area contributed by atoms with E-state index in [9.17, 15) is 0 Å². The van der Waals surface area contributed by atoms with Crippen LogP contribution in [0, 0.1) is 0 Å². The Balaban J connectivity index is 1.63. The van der Waals surface area contributed by atoms with Crippen molar-refractivity contribution in [1.29, 1.82) is 0 Å². The van der Waals surface area contributed by atoms with Gasteiger partial charge in [-0.15, -0.1) is 0 Å². The Bertz CT molecular complexity index is 1140. The molecule has 0 unspecified atom stereocenters. The molecular formula is C22H20Cl2N4O. The summed E-state index contributed by atoms with van der Waals surface area (Å²) in [6, 6.07) is 13.7. The summed E-state index contributed by atoms with van der Waals surface area (Å²) in [5.74, 6) is 1.06. The van der Waals surface area contributed by atoms with E-state index in [1.54, 1.807) is 18.2 Å². The van der Waals surface area contributed by atoms with Crippen LogP contribution in [0.3, 0.4) is 0 Å². The molecule has 0 spiro atoms. The van der Waals surface area contributed by atoms with E-state index in [-0.39, 0.29) is 5.41 Å². The third kappa shape index (κ3) is 4.21. The molecule has 29 heavy (non-hydrogen) atoms. The lowest BCUT2D eigenvalue weighted by Crippen LogP contribution is -2.10. The standard InChI is InChI=1S/C22H20Cl2N4O/c1-22(2,3)13-7-9-14(10-8-13)27-20-19-21(26-12-25-20)29-18(28-19)11-15-16(23)5-4-6-17(15)24/h4-10,12H,11H2,1-3H3,(H,25,26,27). The van der Waals surface area contributed by atoms with E-state index in [0.29, 0.717) is 39.4 Å². The molecule has 0 aliphatic rings. The van der Waals surface area contributed by atoms with E-state index in [4.69, 9.17) is 27.6 Å². The summed E-state index contributed by atoms with van der Waals surface area (Å²) < 4.78 is 5.80. The summed E-state index contributed by atoms with van der Waals surface area (Å²) in [4.78, 5) is 13.1. The van der Waals surface area contributed by atoms with Gasteiger partial charge < -0.3 is 9.73 Å². The van der Waals surface area contributed by atoms with E-state index < -0.39 is 0 Å². The first-order valence-electron chi connectivity index (χ1n) is 9.22. The molecule has 5 nitrogen and oxygen atoms in total. The zero-order chi connectivity index (χ0) is 20.6. The highest BCUT2D eigenvalue weighted by Gasteiger charge is 2.16. The van der Waals surface area contributed by atoms with Crippen LogP contribution in [0.1, 0.15) is 37.8 Å². The van der Waals surface area contributed by atoms with Crippen molar-refractivity contribution in [2.75, 3.05) is 5.32 Å². The molecule has 0 saturated carbocycles. The molecule has 0 atom stereocenters. The van der Waals surface area contributed by atoms with Gasteiger partial charge >= 0.3 is 0 Å². The van der Waals surface area contributed by atoms with Crippen LogP contribution in [0.4, 0.5) is 11.5 Å². The van der Waals surface area contributed by atoms with Crippen LogP contribution in [0.2, 0.25) is 10.0 Å². The number of anilines is 2. The summed E-state index contributed by atoms with van der Waals surface area (Å²) >= 11 is 12.5. The molecule has 2 aromatic heterocycles. The molecule has 0 radical (unpaired) electrons. The first kappa shape index (κ1) is 19.7. The second kappa shape index (κ2) is 7.65. The zero-order valence-corrected chi connectivity index (χ0v) is 17.8. The van der Waals surface area contributed by atoms with Gasteiger partial charge in [0.1, 0.15) is 6.33 Å². The maximum Gasteiger partial charge on any atom is 0.252 e. The average Bonchev–Trinajstić information content (AvgIpc) is 3.08. The van der Waals surface area contributed by atoms with Crippen molar-refractivity contribution >= 4 is 45.9 Å². The highest BCUT2D eigenvalue weighted by Crippen LogP contribution is 2.30. The van der Waals surface area contributed by atoms with Crippen LogP contribution >= 0.6 is 23.2 Å². The molecule has 2 heterocycles. The summed E-state index contributed by atoms with van der Waals surface area (Å²) in [6.45, 7) is 6.56. The number of oxazole rings is 1. The van der Waals surface area contributed by atoms with Gasteiger partial charge in [0.05, 0.1) is 6.42 Å². The molecule has 0 bridgehead atoms. The van der Waals surface area contributed by atoms with Gasteiger partial charge in [0.15, 0.2) is 11.3 Å². The number of fused-ring (bicyclic) bond motifs is 1. The predicted octanol–water partition coefficient (Wildman–Crippen LogP) is 6.56. The molecule has 0 saturated heterocycles. The minimum atomic E-state index is 0.0989. The van der Waals surface area contributed by atoms with Crippen LogP contribution in [0.5, 0.6) is 0 Å². The molecule has 2 aromatic carbocycles. The maximum absolute atomic E-state index is 6.27. The Morgan fingerprint density at radius 2 is 1.66 bits per heavy atom. The largest absolute Gasteiger partial charge is 0.422 e. The van der Waals surface area contributed by atoms with Crippen molar-refractivity contribution < 1.29 is 4.42 Å². The fourth-order valence-corrected chi connectivity index (χ4v) is 3.54. The van der Waals surface area contributed by atoms with Gasteiger partial charge in [0.25, 0.3) is 5.71 Å². The van der Waals surface area contributed by atoms with Crippen LogP contribution in [-0.4, -0.2) is 15.0 Å². The van der Waals surface area contributed by atoms with Crippen molar-refractivity contribution in [3.8, 4) is 0 Å². The number of rotatable bonds is 4. The van der Waals surface area contributed by atoms with E-state index in [1.165, 1.54) is 11.9 Å². The van der Waals surface area contributed by atoms with Gasteiger partial charge in [-0.25, -0.2) is 9.97 Å². The topological polar surface area (TPSA) is 63.8 Å². The Morgan fingerprint density at radius 3 is 2.31 bits per heavy atom. The minimum absolute atomic E-state index is 0.0989. The van der Waals surface area contributed by atoms with E-state index in [0.717, 1.165) is 11.3 Å². The Hall–Kier alpha value is -2.63. The van der Waals surface area contributed by atoms with Gasteiger partial charge in [0.2, 0.25) is 5.89 Å². The average molecular weight is 427 g/mol. The fraction of sp³-hybridized carbons (Fsp3) is 0.227. The van der Waals surface area contributed by atoms with Gasteiger partial charge in [0, 0.05) is 15.7 Å². The molecular weight excluding hydrogens is 407 g/mol. The second-order valence-electron chi connectivity index (χ2n) is 7.81. The molecule has 4 rings (SSSR count). The van der Waals surface area contributed by atoms with E-state index in [2.05, 4.69) is 53.2 Å². The maximum atomic E-state index is 6.27. The number of aromatic nitrogens is 3. The molecule has 148 valence electrons. The van der Waals surface area contributed by atoms with Gasteiger partial charge in [-0.2, -0.15) is 4.98 Å². The number of nitrogens with zero attached hydrogens (tertiary/aromatic N) is 3. The Morgan fingerprint density at radius 1 is 0.966 bits per heavy atom. The van der Waals surface area contributed by atoms with Crippen LogP contribution < -0.4 is 5.32 Å². The zero-order valence-electron chi connectivity index (χ0n) is 16.3. The van der Waals surface area contributed by atoms with Crippen LogP contribution in [0.25, 0.3) is 11.2 Å². The lowest BCUT2D eigenvalue weighted by atomic mass is 9.87. The van der Waals surface area contributed by atoms with Gasteiger partial charge in [-0.05, 0) is 40.8 Å². The van der Waals surface area contributed by atoms with Crippen molar-refractivity contribution in [2.24, 2.45) is 0 Å². The normalized spacial score (nSPS) is 11.8. The van der Waals surface area contributed by atoms with Crippen molar-refractivity contribution in [2.45, 2.75) is 32.6 Å². The van der Waals surface area contributed by atoms with Crippen LogP contribution in [0.15, 0.2) is 53.2 Å². The molecule has 4 aromatic rings. The number of hydrogen-bond acceptors (Lipinski definition) is 5. The van der Waals surface area contributed by atoms with E-state index in [1.807, 2.05) is 12.1 Å². The molecule has 1 N–H and O–H groups in total. The lowest BCUT2D eigenvalue weighted by molar-refractivity contribution is 0.535. The fourth-order valence-electron chi connectivity index (χ4n) is 3.01. The Labute approximate surface area is 179 Å². The van der Waals surface area contributed by atoms with Crippen molar-refractivity contribution in [1.82, 2.24) is 15.0 Å². The Kier molecular flexibility index (Phi) is 5.19. The third-order valence-corrected chi connectivity index (χ3v) is 5.35. The molecule has 0 fully saturated rings. The summed E-state index contributed by atoms with van der Waals surface area (Å²) in [7, 11) is 0. The number of nitrogens with one attached hydrogen (secondary N) is 1. The molecule has 0 aliphatic carbocycles. The second-order valence-corrected chi connectivity index (χ2v) is 8.63. The predicted molar refractivity (Wildman–Crippen MR) is 117 cm³/mol. The minimum Gasteiger partial charge on any atom is -0.422 e. The molecule has 0 amide bonds. The first-order chi connectivity index (χ1) is 13.8. The quantitative estimate of drug-likeness (QED) is 0.400. The van der Waals surface area contributed by atoms with Crippen molar-refractivity contribution in [3.05, 3.63) is 75.9 Å². The van der Waals surface area contributed by atoms with Crippen LogP contribution in [-0.2, 0) is 11.8 Å². The monoisotopic (exact) mass is 426 g/mol. The lowest BCUT2D eigenvalue weighted by Gasteiger charge is -2.19. The van der Waals surface area contributed by atoms with E-state index >= 15 is 0 Å². The van der Waals surface area contributed by atoms with Crippen molar-refractivity contribution in [3.63, 3.8) is 0 Å². The molecule has 0 aliphatic heterocycles. The highest BCUT2D eigenvalue weighted by atomic mass is 35.5. The SMILES string of the molecule is CC(C)(C)c1ccc(Nc2ncnc3oc(Cc4c(Cl)cccc4Cl)nc23)cc1. The summed E-state index contributed by atoms with van der Waals surface area (Å²) in [5, 5.41) is 4.44. The number of hydrogen-bond donors (Lipinski definition) is 1. The molecule has 7 heteroatoms. The smallest absolute Gasteiger partial charge is 0.252 e. The summed E-state index contributed by atoms with van der Waals surface area (Å²) in [6.07, 6.45) is 1.82. The van der Waals surface area contributed by atoms with Gasteiger partial charge in [-0.3, -0.25) is 0 Å². The summed E-state index contributed by atoms with van der Waals surface area (Å²) in [5.41, 5.74) is 4.01. The number of benzene rings is 2. The highest BCUT2D eigenvalue weighted by molar-refractivity contribution is 6.36. The number of halogens is 2. The first-order valence-corrected chi connectivity index (χ1v) is 9.98.